The van der Waals surface area contributed by atoms with Crippen molar-refractivity contribution in [3.63, 3.8) is 0 Å². The number of benzene rings is 2. The number of aliphatic imine (C=N–C) groups is 1. The van der Waals surface area contributed by atoms with Crippen LogP contribution in [0, 0.1) is 0 Å². The molecule has 1 fully saturated rings. The average Bonchev–Trinajstić information content (AvgIpc) is 3.30. The van der Waals surface area contributed by atoms with Gasteiger partial charge in [-0.25, -0.2) is 4.99 Å². The zero-order chi connectivity index (χ0) is 21.1. The molecular weight excluding hydrogens is 443 g/mol. The van der Waals surface area contributed by atoms with E-state index < -0.39 is 0 Å². The highest BCUT2D eigenvalue weighted by molar-refractivity contribution is 8.18. The molecule has 1 saturated heterocycles. The SMILES string of the molecule is CCOc1ccc(N=C2NC(=O)SC2=Cc2ccc(-c3cc(Cl)cc(Cl)c3)o2)cc1. The topological polar surface area (TPSA) is 63.8 Å². The first kappa shape index (κ1) is 20.6. The maximum Gasteiger partial charge on any atom is 0.289 e. The second kappa shape index (κ2) is 9.00. The molecule has 8 heteroatoms. The number of hydrogen-bond acceptors (Lipinski definition) is 5. The van der Waals surface area contributed by atoms with E-state index in [1.165, 1.54) is 0 Å². The zero-order valence-corrected chi connectivity index (χ0v) is 18.1. The van der Waals surface area contributed by atoms with E-state index in [1.807, 2.05) is 43.3 Å². The van der Waals surface area contributed by atoms with Gasteiger partial charge >= 0.3 is 0 Å². The fourth-order valence-electron chi connectivity index (χ4n) is 2.84. The van der Waals surface area contributed by atoms with Gasteiger partial charge in [0.05, 0.1) is 17.2 Å². The smallest absolute Gasteiger partial charge is 0.289 e. The Hall–Kier alpha value is -2.67. The van der Waals surface area contributed by atoms with E-state index in [0.29, 0.717) is 44.6 Å². The van der Waals surface area contributed by atoms with E-state index in [2.05, 4.69) is 10.3 Å². The van der Waals surface area contributed by atoms with Crippen LogP contribution in [0.4, 0.5) is 10.5 Å². The maximum absolute atomic E-state index is 11.9. The first-order valence-electron chi connectivity index (χ1n) is 9.09. The molecule has 0 unspecified atom stereocenters. The average molecular weight is 459 g/mol. The van der Waals surface area contributed by atoms with Crippen molar-refractivity contribution < 1.29 is 13.9 Å². The number of carbonyl (C=O) groups excluding carboxylic acids is 1. The molecule has 3 aromatic rings. The van der Waals surface area contributed by atoms with Gasteiger partial charge in [-0.3, -0.25) is 4.79 Å². The highest BCUT2D eigenvalue weighted by Crippen LogP contribution is 2.32. The number of amides is 1. The molecule has 0 spiro atoms. The van der Waals surface area contributed by atoms with E-state index in [1.54, 1.807) is 24.3 Å². The molecule has 0 atom stereocenters. The highest BCUT2D eigenvalue weighted by Gasteiger charge is 2.24. The van der Waals surface area contributed by atoms with Crippen LogP contribution in [-0.4, -0.2) is 17.7 Å². The van der Waals surface area contributed by atoms with Gasteiger partial charge in [-0.05, 0) is 79.4 Å². The summed E-state index contributed by atoms with van der Waals surface area (Å²) in [7, 11) is 0. The van der Waals surface area contributed by atoms with Gasteiger partial charge < -0.3 is 14.5 Å². The molecule has 0 bridgehead atoms. The summed E-state index contributed by atoms with van der Waals surface area (Å²) in [6, 6.07) is 16.2. The first-order valence-corrected chi connectivity index (χ1v) is 10.7. The van der Waals surface area contributed by atoms with Crippen molar-refractivity contribution in [1.29, 1.82) is 0 Å². The molecule has 1 amide bonds. The third kappa shape index (κ3) is 4.90. The van der Waals surface area contributed by atoms with E-state index in [-0.39, 0.29) is 5.24 Å². The van der Waals surface area contributed by atoms with Gasteiger partial charge in [-0.1, -0.05) is 23.2 Å². The number of halogens is 2. The number of thioether (sulfide) groups is 1. The number of hydrogen-bond donors (Lipinski definition) is 1. The Bertz CT molecular complexity index is 1130. The molecular formula is C22H16Cl2N2O3S. The summed E-state index contributed by atoms with van der Waals surface area (Å²) in [5.41, 5.74) is 1.48. The Morgan fingerprint density at radius 1 is 1.10 bits per heavy atom. The van der Waals surface area contributed by atoms with E-state index in [9.17, 15) is 4.79 Å². The standard InChI is InChI=1S/C22H16Cl2N2O3S/c1-2-28-17-5-3-16(4-6-17)25-21-20(30-22(27)26-21)12-18-7-8-19(29-18)13-9-14(23)11-15(24)10-13/h3-12H,2H2,1H3,(H,25,26,27). The Labute approximate surface area is 187 Å². The minimum absolute atomic E-state index is 0.195. The lowest BCUT2D eigenvalue weighted by molar-refractivity contribution is 0.265. The molecule has 152 valence electrons. The van der Waals surface area contributed by atoms with Crippen LogP contribution in [0.5, 0.6) is 5.75 Å². The normalized spacial score (nSPS) is 16.3. The van der Waals surface area contributed by atoms with Crippen molar-refractivity contribution in [1.82, 2.24) is 5.32 Å². The van der Waals surface area contributed by atoms with E-state index in [4.69, 9.17) is 32.4 Å². The molecule has 2 aromatic carbocycles. The third-order valence-corrected chi connectivity index (χ3v) is 5.35. The number of amidine groups is 1. The van der Waals surface area contributed by atoms with Crippen LogP contribution in [-0.2, 0) is 0 Å². The Morgan fingerprint density at radius 2 is 1.83 bits per heavy atom. The summed E-state index contributed by atoms with van der Waals surface area (Å²) in [5, 5.41) is 3.62. The first-order chi connectivity index (χ1) is 14.5. The molecule has 4 rings (SSSR count). The highest BCUT2D eigenvalue weighted by atomic mass is 35.5. The van der Waals surface area contributed by atoms with Gasteiger partial charge in [0, 0.05) is 15.6 Å². The number of carbonyl (C=O) groups is 1. The van der Waals surface area contributed by atoms with Crippen LogP contribution < -0.4 is 10.1 Å². The Kier molecular flexibility index (Phi) is 6.18. The van der Waals surface area contributed by atoms with Gasteiger partial charge in [0.15, 0.2) is 0 Å². The van der Waals surface area contributed by atoms with E-state index in [0.717, 1.165) is 23.1 Å². The summed E-state index contributed by atoms with van der Waals surface area (Å²) in [6.07, 6.45) is 1.77. The molecule has 0 aliphatic carbocycles. The third-order valence-electron chi connectivity index (χ3n) is 4.09. The minimum atomic E-state index is -0.195. The van der Waals surface area contributed by atoms with Gasteiger partial charge in [0.25, 0.3) is 5.24 Å². The lowest BCUT2D eigenvalue weighted by atomic mass is 10.2. The van der Waals surface area contributed by atoms with Gasteiger partial charge in [0.2, 0.25) is 0 Å². The quantitative estimate of drug-likeness (QED) is 0.439. The summed E-state index contributed by atoms with van der Waals surface area (Å²) < 4.78 is 11.3. The number of ether oxygens (including phenoxy) is 1. The molecule has 0 radical (unpaired) electrons. The second-order valence-electron chi connectivity index (χ2n) is 6.27. The fourth-order valence-corrected chi connectivity index (χ4v) is 4.08. The monoisotopic (exact) mass is 458 g/mol. The van der Waals surface area contributed by atoms with Crippen molar-refractivity contribution >= 4 is 57.8 Å². The van der Waals surface area contributed by atoms with Crippen molar-refractivity contribution in [3.8, 4) is 17.1 Å². The largest absolute Gasteiger partial charge is 0.494 e. The van der Waals surface area contributed by atoms with Crippen LogP contribution in [0.3, 0.4) is 0 Å². The van der Waals surface area contributed by atoms with Gasteiger partial charge in [-0.2, -0.15) is 0 Å². The molecule has 2 heterocycles. The predicted octanol–water partition coefficient (Wildman–Crippen LogP) is 7.18. The minimum Gasteiger partial charge on any atom is -0.494 e. The zero-order valence-electron chi connectivity index (χ0n) is 15.8. The molecule has 5 nitrogen and oxygen atoms in total. The summed E-state index contributed by atoms with van der Waals surface area (Å²) in [5.74, 6) is 2.45. The summed E-state index contributed by atoms with van der Waals surface area (Å²) in [6.45, 7) is 2.53. The van der Waals surface area contributed by atoms with Crippen LogP contribution >= 0.6 is 35.0 Å². The van der Waals surface area contributed by atoms with Crippen LogP contribution in [0.1, 0.15) is 12.7 Å². The predicted molar refractivity (Wildman–Crippen MR) is 123 cm³/mol. The van der Waals surface area contributed by atoms with Crippen LogP contribution in [0.15, 0.2) is 68.9 Å². The van der Waals surface area contributed by atoms with Gasteiger partial charge in [0.1, 0.15) is 23.1 Å². The Balaban J connectivity index is 1.60. The second-order valence-corrected chi connectivity index (χ2v) is 8.16. The molecule has 1 aromatic heterocycles. The van der Waals surface area contributed by atoms with Crippen molar-refractivity contribution in [3.05, 3.63) is 75.3 Å². The van der Waals surface area contributed by atoms with Crippen molar-refractivity contribution in [2.75, 3.05) is 6.61 Å². The number of rotatable bonds is 5. The maximum atomic E-state index is 11.9. The lowest BCUT2D eigenvalue weighted by Gasteiger charge is -2.03. The fraction of sp³-hybridized carbons (Fsp3) is 0.0909. The molecule has 0 saturated carbocycles. The molecule has 1 aliphatic heterocycles. The number of furan rings is 1. The van der Waals surface area contributed by atoms with E-state index >= 15 is 0 Å². The van der Waals surface area contributed by atoms with Crippen LogP contribution in [0.25, 0.3) is 17.4 Å². The molecule has 30 heavy (non-hydrogen) atoms. The summed E-state index contributed by atoms with van der Waals surface area (Å²) >= 11 is 13.2. The Morgan fingerprint density at radius 3 is 2.53 bits per heavy atom. The number of nitrogens with one attached hydrogen (secondary N) is 1. The summed E-state index contributed by atoms with van der Waals surface area (Å²) in [4.78, 5) is 17.1. The van der Waals surface area contributed by atoms with Gasteiger partial charge in [-0.15, -0.1) is 0 Å². The lowest BCUT2D eigenvalue weighted by Crippen LogP contribution is -2.18. The van der Waals surface area contributed by atoms with Crippen molar-refractivity contribution in [2.24, 2.45) is 4.99 Å². The van der Waals surface area contributed by atoms with Crippen molar-refractivity contribution in [2.45, 2.75) is 6.92 Å². The molecule has 1 aliphatic rings. The number of nitrogens with zero attached hydrogens (tertiary/aromatic N) is 1. The van der Waals surface area contributed by atoms with Crippen LogP contribution in [0.2, 0.25) is 10.0 Å². The molecule has 1 N–H and O–H groups in total.